The van der Waals surface area contributed by atoms with E-state index in [1.54, 1.807) is 0 Å². The Balaban J connectivity index is 3.81. The Morgan fingerprint density at radius 2 is 0.588 bits per heavy atom. The summed E-state index contributed by atoms with van der Waals surface area (Å²) in [5, 5.41) is 30.1. The number of phosphoric ester groups is 2. The molecule has 0 heterocycles. The monoisotopic (exact) mass is 1010 g/mol. The van der Waals surface area contributed by atoms with E-state index in [4.69, 9.17) is 18.5 Å². The molecule has 15 nitrogen and oxygen atoms in total. The van der Waals surface area contributed by atoms with Crippen LogP contribution in [0.2, 0.25) is 0 Å². The van der Waals surface area contributed by atoms with Crippen LogP contribution in [0.1, 0.15) is 245 Å². The molecule has 5 N–H and O–H groups in total. The molecule has 0 bridgehead atoms. The lowest BCUT2D eigenvalue weighted by atomic mass is 10.0. The number of allylic oxidation sites excluding steroid dienone is 2. The molecule has 404 valence electrons. The van der Waals surface area contributed by atoms with Crippen molar-refractivity contribution in [3.63, 3.8) is 0 Å². The zero-order valence-electron chi connectivity index (χ0n) is 42.8. The number of phosphoric acid groups is 2. The fourth-order valence-corrected chi connectivity index (χ4v) is 9.09. The molecule has 17 heteroatoms. The summed E-state index contributed by atoms with van der Waals surface area (Å²) in [6.45, 7) is 0.474. The minimum absolute atomic E-state index is 0.195. The average Bonchev–Trinajstić information content (AvgIpc) is 3.31. The normalized spacial score (nSPS) is 15.0. The molecule has 0 saturated heterocycles. The Morgan fingerprint density at radius 3 is 0.853 bits per heavy atom. The lowest BCUT2D eigenvalue weighted by Gasteiger charge is -2.19. The topological polar surface area (TPSA) is 225 Å². The summed E-state index contributed by atoms with van der Waals surface area (Å²) < 4.78 is 53.1. The Kier molecular flexibility index (Phi) is 47.2. The van der Waals surface area contributed by atoms with Crippen LogP contribution in [-0.4, -0.2) is 95.0 Å². The van der Waals surface area contributed by atoms with E-state index in [0.29, 0.717) is 12.8 Å². The molecule has 5 unspecified atom stereocenters. The average molecular weight is 1020 g/mol. The van der Waals surface area contributed by atoms with E-state index in [-0.39, 0.29) is 12.8 Å². The number of hydrogen-bond acceptors (Lipinski definition) is 13. The van der Waals surface area contributed by atoms with Crippen LogP contribution in [-0.2, 0) is 46.3 Å². The van der Waals surface area contributed by atoms with Gasteiger partial charge >= 0.3 is 27.6 Å². The highest BCUT2D eigenvalue weighted by molar-refractivity contribution is 7.47. The second kappa shape index (κ2) is 48.1. The van der Waals surface area contributed by atoms with Gasteiger partial charge in [-0.05, 0) is 38.5 Å². The Labute approximate surface area is 412 Å². The van der Waals surface area contributed by atoms with Gasteiger partial charge in [0.25, 0.3) is 0 Å². The predicted octanol–water partition coefficient (Wildman–Crippen LogP) is 13.1. The number of rotatable bonds is 53. The van der Waals surface area contributed by atoms with Crippen molar-refractivity contribution in [3.8, 4) is 0 Å². The largest absolute Gasteiger partial charge is 0.472 e. The zero-order valence-corrected chi connectivity index (χ0v) is 44.6. The third-order valence-electron chi connectivity index (χ3n) is 11.7. The van der Waals surface area contributed by atoms with Gasteiger partial charge in [0.1, 0.15) is 31.5 Å². The molecular formula is C51H100O15P2. The predicted molar refractivity (Wildman–Crippen MR) is 270 cm³/mol. The van der Waals surface area contributed by atoms with Crippen molar-refractivity contribution in [1.82, 2.24) is 0 Å². The maximum absolute atomic E-state index is 12.2. The number of esters is 2. The van der Waals surface area contributed by atoms with Crippen LogP contribution in [0.5, 0.6) is 0 Å². The van der Waals surface area contributed by atoms with Crippen molar-refractivity contribution < 1.29 is 71.4 Å². The van der Waals surface area contributed by atoms with Gasteiger partial charge in [-0.3, -0.25) is 27.7 Å². The highest BCUT2D eigenvalue weighted by Gasteiger charge is 2.28. The standard InChI is InChI=1S/C51H100O15P2/c1-3-5-7-9-11-13-15-17-19-21-22-24-26-28-30-32-34-36-38-40-51(56)62-42-48(53)44-64-68(59,60)66-46-49(54)45-65-67(57,58)63-43-47(52)41-61-50(55)39-37-35-33-31-29-27-25-23-20-18-16-14-12-10-8-6-4-2/h18,20,47-49,52-54H,3-17,19,21-46H2,1-2H3,(H,57,58)(H,59,60)/b20-18+. The third-order valence-corrected chi connectivity index (χ3v) is 13.6. The van der Waals surface area contributed by atoms with E-state index >= 15 is 0 Å². The molecule has 0 aliphatic heterocycles. The number of ether oxygens (including phenoxy) is 2. The van der Waals surface area contributed by atoms with Crippen LogP contribution in [0.3, 0.4) is 0 Å². The van der Waals surface area contributed by atoms with Crippen LogP contribution in [0, 0.1) is 0 Å². The molecule has 0 saturated carbocycles. The Morgan fingerprint density at radius 1 is 0.368 bits per heavy atom. The van der Waals surface area contributed by atoms with Crippen LogP contribution in [0.4, 0.5) is 0 Å². The van der Waals surface area contributed by atoms with Gasteiger partial charge in [-0.15, -0.1) is 0 Å². The molecule has 0 aromatic carbocycles. The number of carbonyl (C=O) groups excluding carboxylic acids is 2. The number of aliphatic hydroxyl groups is 3. The minimum atomic E-state index is -4.78. The first kappa shape index (κ1) is 66.8. The molecule has 5 atom stereocenters. The quantitative estimate of drug-likeness (QED) is 0.0165. The first-order valence-corrected chi connectivity index (χ1v) is 30.0. The van der Waals surface area contributed by atoms with Gasteiger partial charge in [0.2, 0.25) is 0 Å². The smallest absolute Gasteiger partial charge is 0.463 e. The van der Waals surface area contributed by atoms with E-state index in [9.17, 15) is 43.8 Å². The molecule has 0 radical (unpaired) electrons. The summed E-state index contributed by atoms with van der Waals surface area (Å²) in [6.07, 6.45) is 41.9. The molecule has 0 rings (SSSR count). The summed E-state index contributed by atoms with van der Waals surface area (Å²) in [4.78, 5) is 43.9. The first-order valence-electron chi connectivity index (χ1n) is 27.0. The second-order valence-electron chi connectivity index (χ2n) is 18.6. The van der Waals surface area contributed by atoms with Crippen molar-refractivity contribution in [2.75, 3.05) is 39.6 Å². The molecule has 0 spiro atoms. The lowest BCUT2D eigenvalue weighted by molar-refractivity contribution is -0.148. The molecule has 0 aromatic rings. The number of unbranched alkanes of at least 4 members (excludes halogenated alkanes) is 31. The summed E-state index contributed by atoms with van der Waals surface area (Å²) in [5.41, 5.74) is 0. The summed E-state index contributed by atoms with van der Waals surface area (Å²) in [5.74, 6) is -0.988. The van der Waals surface area contributed by atoms with Gasteiger partial charge in [0, 0.05) is 12.8 Å². The lowest BCUT2D eigenvalue weighted by Crippen LogP contribution is -2.25. The number of hydrogen-bond donors (Lipinski definition) is 5. The Bertz CT molecular complexity index is 1270. The maximum Gasteiger partial charge on any atom is 0.472 e. The van der Waals surface area contributed by atoms with Crippen molar-refractivity contribution in [3.05, 3.63) is 12.2 Å². The highest BCUT2D eigenvalue weighted by Crippen LogP contribution is 2.45. The highest BCUT2D eigenvalue weighted by atomic mass is 31.2. The molecule has 0 aromatic heterocycles. The Hall–Kier alpha value is -1.22. The van der Waals surface area contributed by atoms with Crippen molar-refractivity contribution in [2.24, 2.45) is 0 Å². The first-order chi connectivity index (χ1) is 32.8. The van der Waals surface area contributed by atoms with Crippen LogP contribution in [0.25, 0.3) is 0 Å². The maximum atomic E-state index is 12.2. The van der Waals surface area contributed by atoms with E-state index in [2.05, 4.69) is 35.0 Å². The molecule has 0 aliphatic carbocycles. The van der Waals surface area contributed by atoms with Crippen molar-refractivity contribution in [1.29, 1.82) is 0 Å². The summed E-state index contributed by atoms with van der Waals surface area (Å²) in [6, 6.07) is 0. The SMILES string of the molecule is CCCCCCCC/C=C/CCCCCCCCCC(=O)OCC(O)COP(=O)(O)OCC(O)COP(=O)(O)OCC(O)COC(=O)CCCCCCCCCCCCCCCCCCCCC. The van der Waals surface area contributed by atoms with Crippen molar-refractivity contribution >= 4 is 27.6 Å². The van der Waals surface area contributed by atoms with Crippen LogP contribution >= 0.6 is 15.6 Å². The van der Waals surface area contributed by atoms with E-state index in [1.165, 1.54) is 161 Å². The fraction of sp³-hybridized carbons (Fsp3) is 0.922. The van der Waals surface area contributed by atoms with Crippen LogP contribution < -0.4 is 0 Å². The van der Waals surface area contributed by atoms with E-state index < -0.39 is 85.5 Å². The number of carbonyl (C=O) groups is 2. The van der Waals surface area contributed by atoms with Gasteiger partial charge < -0.3 is 34.6 Å². The second-order valence-corrected chi connectivity index (χ2v) is 21.5. The summed E-state index contributed by atoms with van der Waals surface area (Å²) >= 11 is 0. The summed E-state index contributed by atoms with van der Waals surface area (Å²) in [7, 11) is -9.57. The van der Waals surface area contributed by atoms with Crippen molar-refractivity contribution in [2.45, 2.75) is 263 Å². The van der Waals surface area contributed by atoms with Crippen LogP contribution in [0.15, 0.2) is 12.2 Å². The molecular weight excluding hydrogens is 914 g/mol. The van der Waals surface area contributed by atoms with E-state index in [1.807, 2.05) is 0 Å². The van der Waals surface area contributed by atoms with E-state index in [0.717, 1.165) is 44.9 Å². The molecule has 68 heavy (non-hydrogen) atoms. The van der Waals surface area contributed by atoms with Gasteiger partial charge in [-0.2, -0.15) is 0 Å². The fourth-order valence-electron chi connectivity index (χ4n) is 7.50. The van der Waals surface area contributed by atoms with Gasteiger partial charge in [0.15, 0.2) is 0 Å². The molecule has 0 amide bonds. The molecule has 0 fully saturated rings. The van der Waals surface area contributed by atoms with Gasteiger partial charge in [0.05, 0.1) is 26.4 Å². The van der Waals surface area contributed by atoms with Gasteiger partial charge in [-0.1, -0.05) is 206 Å². The number of aliphatic hydroxyl groups excluding tert-OH is 3. The zero-order chi connectivity index (χ0) is 50.2. The molecule has 0 aliphatic rings. The third kappa shape index (κ3) is 49.7. The van der Waals surface area contributed by atoms with Gasteiger partial charge in [-0.25, -0.2) is 9.13 Å². The minimum Gasteiger partial charge on any atom is -0.463 e.